The Morgan fingerprint density at radius 3 is 2.28 bits per heavy atom. The third kappa shape index (κ3) is 2.87. The maximum Gasteiger partial charge on any atom is 0.270 e. The number of aryl methyl sites for hydroxylation is 1. The maximum atomic E-state index is 11.9. The fourth-order valence-electron chi connectivity index (χ4n) is 1.53. The van der Waals surface area contributed by atoms with E-state index in [1.807, 2.05) is 49.4 Å². The largest absolute Gasteiger partial charge is 0.270 e. The lowest BCUT2D eigenvalue weighted by Gasteiger charge is -2.19. The molecular formula is C14H15N3O. The summed E-state index contributed by atoms with van der Waals surface area (Å²) in [4.78, 5) is 11.9. The highest BCUT2D eigenvalue weighted by atomic mass is 16.2. The number of hydrogen-bond donors (Lipinski definition) is 2. The van der Waals surface area contributed by atoms with Gasteiger partial charge in [0.1, 0.15) is 0 Å². The molecule has 0 spiro atoms. The molecule has 1 amide bonds. The molecule has 4 heteroatoms. The lowest BCUT2D eigenvalue weighted by Crippen LogP contribution is -2.47. The molecule has 0 saturated heterocycles. The number of nitrogens with zero attached hydrogens (tertiary/aromatic N) is 1. The van der Waals surface area contributed by atoms with Crippen molar-refractivity contribution >= 4 is 11.6 Å². The van der Waals surface area contributed by atoms with Gasteiger partial charge in [-0.25, -0.2) is 16.4 Å². The molecular weight excluding hydrogens is 226 g/mol. The second-order valence-corrected chi connectivity index (χ2v) is 4.01. The Labute approximate surface area is 106 Å². The van der Waals surface area contributed by atoms with Crippen LogP contribution in [0.3, 0.4) is 0 Å². The van der Waals surface area contributed by atoms with E-state index in [1.54, 1.807) is 12.1 Å². The Morgan fingerprint density at radius 1 is 1.06 bits per heavy atom. The number of carbonyl (C=O) groups excluding carboxylic acids is 1. The molecule has 4 nitrogen and oxygen atoms in total. The predicted octanol–water partition coefficient (Wildman–Crippen LogP) is 2.02. The molecule has 92 valence electrons. The van der Waals surface area contributed by atoms with Gasteiger partial charge in [-0.15, -0.1) is 0 Å². The van der Waals surface area contributed by atoms with Crippen LogP contribution >= 0.6 is 0 Å². The molecule has 18 heavy (non-hydrogen) atoms. The zero-order chi connectivity index (χ0) is 13.0. The van der Waals surface area contributed by atoms with Crippen LogP contribution < -0.4 is 16.4 Å². The Bertz CT molecular complexity index is 522. The van der Waals surface area contributed by atoms with Crippen LogP contribution in [0.1, 0.15) is 15.9 Å². The van der Waals surface area contributed by atoms with Gasteiger partial charge < -0.3 is 0 Å². The first-order chi connectivity index (χ1) is 8.66. The first-order valence-corrected chi connectivity index (χ1v) is 5.64. The number of hydrogen-bond acceptors (Lipinski definition) is 3. The molecule has 0 radical (unpaired) electrons. The molecule has 0 aliphatic carbocycles. The summed E-state index contributed by atoms with van der Waals surface area (Å²) in [6, 6.07) is 16.5. The molecule has 2 rings (SSSR count). The minimum Gasteiger partial charge on any atom is -0.267 e. The first-order valence-electron chi connectivity index (χ1n) is 5.64. The molecule has 0 bridgehead atoms. The van der Waals surface area contributed by atoms with Gasteiger partial charge in [0.15, 0.2) is 0 Å². The zero-order valence-corrected chi connectivity index (χ0v) is 10.1. The number of nitrogens with one attached hydrogen (secondary N) is 1. The summed E-state index contributed by atoms with van der Waals surface area (Å²) < 4.78 is 0. The summed E-state index contributed by atoms with van der Waals surface area (Å²) >= 11 is 0. The summed E-state index contributed by atoms with van der Waals surface area (Å²) in [5.74, 6) is 5.53. The summed E-state index contributed by atoms with van der Waals surface area (Å²) in [6.07, 6.45) is 0. The number of carbonyl (C=O) groups is 1. The maximum absolute atomic E-state index is 11.9. The van der Waals surface area contributed by atoms with Crippen molar-refractivity contribution in [3.05, 3.63) is 65.7 Å². The third-order valence-electron chi connectivity index (χ3n) is 2.57. The van der Waals surface area contributed by atoms with E-state index in [4.69, 9.17) is 5.84 Å². The van der Waals surface area contributed by atoms with E-state index >= 15 is 0 Å². The van der Waals surface area contributed by atoms with Gasteiger partial charge in [-0.1, -0.05) is 35.9 Å². The molecule has 0 aliphatic rings. The summed E-state index contributed by atoms with van der Waals surface area (Å²) in [6.45, 7) is 1.97. The normalized spacial score (nSPS) is 9.89. The number of hydrazine groups is 2. The topological polar surface area (TPSA) is 58.4 Å². The van der Waals surface area contributed by atoms with Crippen LogP contribution in [-0.2, 0) is 0 Å². The van der Waals surface area contributed by atoms with E-state index < -0.39 is 0 Å². The van der Waals surface area contributed by atoms with E-state index in [0.717, 1.165) is 11.3 Å². The van der Waals surface area contributed by atoms with Gasteiger partial charge in [0.25, 0.3) is 5.91 Å². The van der Waals surface area contributed by atoms with Crippen LogP contribution in [0.2, 0.25) is 0 Å². The van der Waals surface area contributed by atoms with Crippen molar-refractivity contribution in [1.29, 1.82) is 0 Å². The van der Waals surface area contributed by atoms with Crippen LogP contribution in [0, 0.1) is 6.92 Å². The zero-order valence-electron chi connectivity index (χ0n) is 10.1. The highest BCUT2D eigenvalue weighted by Gasteiger charge is 2.08. The number of nitrogens with two attached hydrogens (primary N) is 1. The number of para-hydroxylation sites is 1. The van der Waals surface area contributed by atoms with Crippen LogP contribution in [0.5, 0.6) is 0 Å². The molecule has 0 aromatic heterocycles. The first kappa shape index (κ1) is 12.1. The Hall–Kier alpha value is -2.33. The fraction of sp³-hybridized carbons (Fsp3) is 0.0714. The minimum atomic E-state index is -0.235. The second kappa shape index (κ2) is 5.33. The summed E-state index contributed by atoms with van der Waals surface area (Å²) in [7, 11) is 0. The molecule has 0 atom stereocenters. The molecule has 0 unspecified atom stereocenters. The standard InChI is InChI=1S/C14H15N3O/c1-11-7-9-12(10-8-11)14(18)16-17(15)13-5-3-2-4-6-13/h2-10H,15H2,1H3,(H,16,18). The Kier molecular flexibility index (Phi) is 3.60. The molecule has 0 saturated carbocycles. The molecule has 2 aromatic carbocycles. The monoisotopic (exact) mass is 241 g/mol. The van der Waals surface area contributed by atoms with Gasteiger partial charge in [-0.2, -0.15) is 0 Å². The molecule has 3 N–H and O–H groups in total. The van der Waals surface area contributed by atoms with Gasteiger partial charge >= 0.3 is 0 Å². The summed E-state index contributed by atoms with van der Waals surface area (Å²) in [5, 5.41) is 1.21. The molecule has 0 heterocycles. The second-order valence-electron chi connectivity index (χ2n) is 4.01. The van der Waals surface area contributed by atoms with Crippen LogP contribution in [-0.4, -0.2) is 5.91 Å². The van der Waals surface area contributed by atoms with Gasteiger partial charge in [0.05, 0.1) is 5.69 Å². The van der Waals surface area contributed by atoms with Gasteiger partial charge in [0.2, 0.25) is 0 Å². The van der Waals surface area contributed by atoms with Gasteiger partial charge in [0, 0.05) is 5.56 Å². The lowest BCUT2D eigenvalue weighted by atomic mass is 10.1. The third-order valence-corrected chi connectivity index (χ3v) is 2.57. The van der Waals surface area contributed by atoms with E-state index in [0.29, 0.717) is 5.56 Å². The van der Waals surface area contributed by atoms with Crippen molar-refractivity contribution in [2.24, 2.45) is 5.84 Å². The Balaban J connectivity index is 2.06. The predicted molar refractivity (Wildman–Crippen MR) is 71.8 cm³/mol. The SMILES string of the molecule is Cc1ccc(C(=O)NN(N)c2ccccc2)cc1. The van der Waals surface area contributed by atoms with E-state index in [9.17, 15) is 4.79 Å². The highest BCUT2D eigenvalue weighted by molar-refractivity contribution is 5.95. The number of amides is 1. The summed E-state index contributed by atoms with van der Waals surface area (Å²) in [5.41, 5.74) is 5.01. The van der Waals surface area contributed by atoms with Gasteiger partial charge in [-0.3, -0.25) is 4.79 Å². The fourth-order valence-corrected chi connectivity index (χ4v) is 1.53. The van der Waals surface area contributed by atoms with E-state index in [-0.39, 0.29) is 5.91 Å². The van der Waals surface area contributed by atoms with Crippen molar-refractivity contribution in [3.8, 4) is 0 Å². The molecule has 2 aromatic rings. The molecule has 0 aliphatic heterocycles. The van der Waals surface area contributed by atoms with Crippen LogP contribution in [0.25, 0.3) is 0 Å². The number of benzene rings is 2. The van der Waals surface area contributed by atoms with E-state index in [1.165, 1.54) is 5.12 Å². The lowest BCUT2D eigenvalue weighted by molar-refractivity contribution is 0.0949. The van der Waals surface area contributed by atoms with Gasteiger partial charge in [-0.05, 0) is 31.2 Å². The average Bonchev–Trinajstić information content (AvgIpc) is 2.40. The van der Waals surface area contributed by atoms with Crippen LogP contribution in [0.4, 0.5) is 5.69 Å². The Morgan fingerprint density at radius 2 is 1.67 bits per heavy atom. The van der Waals surface area contributed by atoms with Crippen molar-refractivity contribution in [2.75, 3.05) is 5.12 Å². The minimum absolute atomic E-state index is 0.235. The number of anilines is 1. The van der Waals surface area contributed by atoms with Crippen molar-refractivity contribution in [1.82, 2.24) is 5.43 Å². The number of rotatable bonds is 3. The van der Waals surface area contributed by atoms with Crippen molar-refractivity contribution in [2.45, 2.75) is 6.92 Å². The highest BCUT2D eigenvalue weighted by Crippen LogP contribution is 2.08. The average molecular weight is 241 g/mol. The van der Waals surface area contributed by atoms with E-state index in [2.05, 4.69) is 5.43 Å². The molecule has 0 fully saturated rings. The van der Waals surface area contributed by atoms with Crippen molar-refractivity contribution in [3.63, 3.8) is 0 Å². The van der Waals surface area contributed by atoms with Crippen LogP contribution in [0.15, 0.2) is 54.6 Å². The smallest absolute Gasteiger partial charge is 0.267 e. The quantitative estimate of drug-likeness (QED) is 0.638. The van der Waals surface area contributed by atoms with Crippen molar-refractivity contribution < 1.29 is 4.79 Å².